The van der Waals surface area contributed by atoms with Gasteiger partial charge in [0, 0.05) is 29.1 Å². The Balaban J connectivity index is 1.84. The van der Waals surface area contributed by atoms with Crippen LogP contribution in [-0.2, 0) is 0 Å². The first-order chi connectivity index (χ1) is 6.77. The molecule has 0 unspecified atom stereocenters. The van der Waals surface area contributed by atoms with Gasteiger partial charge in [-0.15, -0.1) is 11.8 Å². The second-order valence-corrected chi connectivity index (χ2v) is 5.32. The van der Waals surface area contributed by atoms with Crippen LogP contribution in [0, 0.1) is 5.41 Å². The summed E-state index contributed by atoms with van der Waals surface area (Å²) >= 11 is 1.92. The van der Waals surface area contributed by atoms with E-state index in [1.807, 2.05) is 16.8 Å². The van der Waals surface area contributed by atoms with Gasteiger partial charge in [-0.1, -0.05) is 6.08 Å². The van der Waals surface area contributed by atoms with Gasteiger partial charge in [-0.3, -0.25) is 5.84 Å². The fourth-order valence-corrected chi connectivity index (χ4v) is 3.41. The van der Waals surface area contributed by atoms with Gasteiger partial charge < -0.3 is 5.32 Å². The van der Waals surface area contributed by atoms with Gasteiger partial charge in [0.05, 0.1) is 5.88 Å². The molecule has 2 saturated heterocycles. The van der Waals surface area contributed by atoms with E-state index in [0.717, 1.165) is 19.0 Å². The molecule has 3 aliphatic rings. The Hall–Kier alpha value is -0.450. The zero-order valence-electron chi connectivity index (χ0n) is 8.12. The fourth-order valence-electron chi connectivity index (χ4n) is 2.42. The number of hydrogen-bond acceptors (Lipinski definition) is 4. The van der Waals surface area contributed by atoms with Gasteiger partial charge in [-0.25, -0.2) is 5.01 Å². The highest BCUT2D eigenvalue weighted by molar-refractivity contribution is 8.03. The molecule has 76 valence electrons. The van der Waals surface area contributed by atoms with E-state index in [9.17, 15) is 0 Å². The summed E-state index contributed by atoms with van der Waals surface area (Å²) in [6.45, 7) is 2.02. The Bertz CT molecular complexity index is 291. The summed E-state index contributed by atoms with van der Waals surface area (Å²) in [5, 5.41) is 5.34. The maximum Gasteiger partial charge on any atom is 0.0658 e. The molecule has 0 aromatic heterocycles. The Morgan fingerprint density at radius 2 is 2.14 bits per heavy atom. The molecule has 0 bridgehead atoms. The lowest BCUT2D eigenvalue weighted by Crippen LogP contribution is -2.42. The third kappa shape index (κ3) is 1.29. The topological polar surface area (TPSA) is 41.3 Å². The fraction of sp³-hybridized carbons (Fsp3) is 0.600. The molecule has 0 saturated carbocycles. The van der Waals surface area contributed by atoms with Crippen LogP contribution < -0.4 is 11.2 Å². The van der Waals surface area contributed by atoms with Crippen molar-refractivity contribution in [2.75, 3.05) is 19.0 Å². The minimum absolute atomic E-state index is 0.320. The molecule has 3 nitrogen and oxygen atoms in total. The number of thioether (sulfide) groups is 1. The Labute approximate surface area is 88.4 Å². The van der Waals surface area contributed by atoms with Crippen molar-refractivity contribution in [1.82, 2.24) is 10.3 Å². The first-order valence-electron chi connectivity index (χ1n) is 5.10. The van der Waals surface area contributed by atoms with E-state index in [-0.39, 0.29) is 0 Å². The quantitative estimate of drug-likeness (QED) is 0.584. The Morgan fingerprint density at radius 1 is 1.36 bits per heavy atom. The van der Waals surface area contributed by atoms with Gasteiger partial charge in [0.25, 0.3) is 0 Å². The molecule has 14 heavy (non-hydrogen) atoms. The second-order valence-electron chi connectivity index (χ2n) is 4.30. The summed E-state index contributed by atoms with van der Waals surface area (Å²) in [6, 6.07) is 0. The molecule has 0 aromatic carbocycles. The van der Waals surface area contributed by atoms with Crippen molar-refractivity contribution in [2.45, 2.75) is 12.8 Å². The second kappa shape index (κ2) is 3.02. The van der Waals surface area contributed by atoms with E-state index in [1.165, 1.54) is 23.4 Å². The molecule has 3 rings (SSSR count). The van der Waals surface area contributed by atoms with Crippen LogP contribution in [0.3, 0.4) is 0 Å². The molecule has 0 aromatic rings. The molecule has 2 heterocycles. The van der Waals surface area contributed by atoms with Gasteiger partial charge in [0.2, 0.25) is 0 Å². The first kappa shape index (κ1) is 8.83. The minimum atomic E-state index is 0.320. The third-order valence-corrected chi connectivity index (χ3v) is 4.27. The van der Waals surface area contributed by atoms with E-state index >= 15 is 0 Å². The number of hydrazine groups is 1. The zero-order valence-corrected chi connectivity index (χ0v) is 8.94. The van der Waals surface area contributed by atoms with Gasteiger partial charge in [-0.05, 0) is 18.9 Å². The molecule has 0 radical (unpaired) electrons. The van der Waals surface area contributed by atoms with Crippen molar-refractivity contribution in [3.05, 3.63) is 22.8 Å². The van der Waals surface area contributed by atoms with Crippen molar-refractivity contribution < 1.29 is 0 Å². The molecule has 3 N–H and O–H groups in total. The Kier molecular flexibility index (Phi) is 1.90. The molecule has 0 atom stereocenters. The summed E-state index contributed by atoms with van der Waals surface area (Å²) in [7, 11) is 0. The first-order valence-corrected chi connectivity index (χ1v) is 6.08. The maximum atomic E-state index is 5.77. The lowest BCUT2D eigenvalue weighted by Gasteiger charge is -2.34. The minimum Gasteiger partial charge on any atom is -0.375 e. The predicted octanol–water partition coefficient (Wildman–Crippen LogP) is 1.02. The van der Waals surface area contributed by atoms with Crippen LogP contribution in [0.15, 0.2) is 22.8 Å². The van der Waals surface area contributed by atoms with E-state index in [0.29, 0.717) is 5.41 Å². The van der Waals surface area contributed by atoms with Crippen LogP contribution in [0.25, 0.3) is 0 Å². The largest absolute Gasteiger partial charge is 0.375 e. The van der Waals surface area contributed by atoms with Crippen molar-refractivity contribution in [3.8, 4) is 0 Å². The SMILES string of the molecule is NN1CCC2(C=C3NCSC3=C2)CC1. The average molecular weight is 209 g/mol. The van der Waals surface area contributed by atoms with Crippen LogP contribution in [-0.4, -0.2) is 24.0 Å². The third-order valence-electron chi connectivity index (χ3n) is 3.34. The molecular weight excluding hydrogens is 194 g/mol. The summed E-state index contributed by atoms with van der Waals surface area (Å²) in [5.41, 5.74) is 1.68. The molecule has 0 amide bonds. The molecule has 2 aliphatic heterocycles. The van der Waals surface area contributed by atoms with E-state index in [1.54, 1.807) is 0 Å². The summed E-state index contributed by atoms with van der Waals surface area (Å²) in [5.74, 6) is 6.81. The summed E-state index contributed by atoms with van der Waals surface area (Å²) in [6.07, 6.45) is 7.19. The monoisotopic (exact) mass is 209 g/mol. The van der Waals surface area contributed by atoms with Gasteiger partial charge in [0.1, 0.15) is 0 Å². The van der Waals surface area contributed by atoms with Crippen molar-refractivity contribution in [3.63, 3.8) is 0 Å². The number of fused-ring (bicyclic) bond motifs is 1. The van der Waals surface area contributed by atoms with Crippen LogP contribution in [0.4, 0.5) is 0 Å². The van der Waals surface area contributed by atoms with E-state index in [4.69, 9.17) is 5.84 Å². The van der Waals surface area contributed by atoms with Crippen LogP contribution in [0.5, 0.6) is 0 Å². The van der Waals surface area contributed by atoms with Crippen molar-refractivity contribution in [2.24, 2.45) is 11.3 Å². The lowest BCUT2D eigenvalue weighted by atomic mass is 9.80. The number of piperidine rings is 1. The highest BCUT2D eigenvalue weighted by atomic mass is 32.2. The number of allylic oxidation sites excluding steroid dienone is 2. The molecular formula is C10H15N3S. The average Bonchev–Trinajstić information content (AvgIpc) is 2.69. The number of nitrogens with one attached hydrogen (secondary N) is 1. The van der Waals surface area contributed by atoms with Crippen LogP contribution in [0.2, 0.25) is 0 Å². The molecule has 2 fully saturated rings. The predicted molar refractivity (Wildman–Crippen MR) is 59.2 cm³/mol. The molecule has 1 spiro atoms. The summed E-state index contributed by atoms with van der Waals surface area (Å²) in [4.78, 5) is 1.45. The van der Waals surface area contributed by atoms with Crippen molar-refractivity contribution >= 4 is 11.8 Å². The standard InChI is InChI=1S/C10H15N3S/c11-13-3-1-10(2-4-13)5-8-9(6-10)14-7-12-8/h5-6,12H,1-4,7,11H2. The number of nitrogens with two attached hydrogens (primary N) is 1. The lowest BCUT2D eigenvalue weighted by molar-refractivity contribution is 0.173. The maximum absolute atomic E-state index is 5.77. The van der Waals surface area contributed by atoms with E-state index < -0.39 is 0 Å². The van der Waals surface area contributed by atoms with Gasteiger partial charge >= 0.3 is 0 Å². The number of rotatable bonds is 0. The molecule has 4 heteroatoms. The molecule has 1 aliphatic carbocycles. The Morgan fingerprint density at radius 3 is 2.86 bits per heavy atom. The number of nitrogens with zero attached hydrogens (tertiary/aromatic N) is 1. The highest BCUT2D eigenvalue weighted by Crippen LogP contribution is 2.46. The van der Waals surface area contributed by atoms with E-state index in [2.05, 4.69) is 17.5 Å². The number of hydrogen-bond donors (Lipinski definition) is 2. The normalized spacial score (nSPS) is 29.8. The highest BCUT2D eigenvalue weighted by Gasteiger charge is 2.36. The zero-order chi connectivity index (χ0) is 9.60. The smallest absolute Gasteiger partial charge is 0.0658 e. The summed E-state index contributed by atoms with van der Waals surface area (Å²) < 4.78 is 0. The van der Waals surface area contributed by atoms with Gasteiger partial charge in [0.15, 0.2) is 0 Å². The van der Waals surface area contributed by atoms with Crippen molar-refractivity contribution in [1.29, 1.82) is 0 Å². The van der Waals surface area contributed by atoms with Crippen LogP contribution >= 0.6 is 11.8 Å². The van der Waals surface area contributed by atoms with Gasteiger partial charge in [-0.2, -0.15) is 0 Å². The van der Waals surface area contributed by atoms with Crippen LogP contribution in [0.1, 0.15) is 12.8 Å².